The van der Waals surface area contributed by atoms with Crippen LogP contribution in [0.2, 0.25) is 5.02 Å². The number of aromatic hydroxyl groups is 1. The lowest BCUT2D eigenvalue weighted by atomic mass is 9.90. The molecule has 0 spiro atoms. The molecule has 194 valence electrons. The van der Waals surface area contributed by atoms with Gasteiger partial charge in [-0.2, -0.15) is 0 Å². The van der Waals surface area contributed by atoms with Crippen LogP contribution in [0.25, 0.3) is 0 Å². The zero-order valence-electron chi connectivity index (χ0n) is 20.0. The number of hydrogen-bond acceptors (Lipinski definition) is 4. The summed E-state index contributed by atoms with van der Waals surface area (Å²) in [5.74, 6) is -2.84. The Balaban J connectivity index is 1.79. The van der Waals surface area contributed by atoms with Gasteiger partial charge in [-0.1, -0.05) is 72.3 Å². The SMILES string of the molecule is N=C(N)NCCC[C@@H](NC(=O)C(c1ccccc1)c1ccccc1)C(=O)NCc1c(F)cc(O)cc1Cl. The maximum absolute atomic E-state index is 14.3. The molecule has 0 unspecified atom stereocenters. The van der Waals surface area contributed by atoms with Crippen LogP contribution in [-0.2, 0) is 16.1 Å². The average molecular weight is 526 g/mol. The molecule has 37 heavy (non-hydrogen) atoms. The van der Waals surface area contributed by atoms with E-state index in [-0.39, 0.29) is 41.2 Å². The number of carbonyl (C=O) groups is 2. The van der Waals surface area contributed by atoms with Crippen molar-refractivity contribution >= 4 is 29.4 Å². The number of phenols is 1. The number of rotatable bonds is 11. The van der Waals surface area contributed by atoms with Crippen molar-refractivity contribution in [2.24, 2.45) is 5.73 Å². The minimum Gasteiger partial charge on any atom is -0.508 e. The van der Waals surface area contributed by atoms with Gasteiger partial charge in [-0.15, -0.1) is 0 Å². The molecule has 7 N–H and O–H groups in total. The van der Waals surface area contributed by atoms with Gasteiger partial charge >= 0.3 is 0 Å². The lowest BCUT2D eigenvalue weighted by Crippen LogP contribution is -2.48. The third-order valence-electron chi connectivity index (χ3n) is 5.71. The molecule has 0 fully saturated rings. The number of benzene rings is 3. The third kappa shape index (κ3) is 7.94. The molecule has 0 bridgehead atoms. The largest absolute Gasteiger partial charge is 0.508 e. The lowest BCUT2D eigenvalue weighted by molar-refractivity contribution is -0.129. The van der Waals surface area contributed by atoms with E-state index in [1.165, 1.54) is 6.07 Å². The number of carbonyl (C=O) groups excluding carboxylic acids is 2. The number of phenolic OH excluding ortho intramolecular Hbond substituents is 1. The van der Waals surface area contributed by atoms with Gasteiger partial charge in [-0.25, -0.2) is 4.39 Å². The van der Waals surface area contributed by atoms with E-state index in [1.54, 1.807) is 0 Å². The van der Waals surface area contributed by atoms with E-state index < -0.39 is 23.7 Å². The molecule has 0 aliphatic heterocycles. The van der Waals surface area contributed by atoms with Crippen molar-refractivity contribution in [2.45, 2.75) is 31.3 Å². The summed E-state index contributed by atoms with van der Waals surface area (Å²) in [4.78, 5) is 26.7. The van der Waals surface area contributed by atoms with Gasteiger partial charge in [0.1, 0.15) is 17.6 Å². The maximum atomic E-state index is 14.3. The van der Waals surface area contributed by atoms with Crippen LogP contribution in [0.15, 0.2) is 72.8 Å². The molecule has 0 aromatic heterocycles. The van der Waals surface area contributed by atoms with Crippen LogP contribution < -0.4 is 21.7 Å². The van der Waals surface area contributed by atoms with E-state index in [1.807, 2.05) is 60.7 Å². The Hall–Kier alpha value is -4.11. The van der Waals surface area contributed by atoms with E-state index >= 15 is 0 Å². The van der Waals surface area contributed by atoms with Crippen molar-refractivity contribution in [3.63, 3.8) is 0 Å². The Bertz CT molecular complexity index is 1160. The third-order valence-corrected chi connectivity index (χ3v) is 6.05. The second-order valence-electron chi connectivity index (χ2n) is 8.40. The first-order valence-corrected chi connectivity index (χ1v) is 12.1. The van der Waals surface area contributed by atoms with Gasteiger partial charge in [-0.05, 0) is 30.0 Å². The second-order valence-corrected chi connectivity index (χ2v) is 8.81. The molecule has 0 aliphatic carbocycles. The highest BCUT2D eigenvalue weighted by Gasteiger charge is 2.28. The molecule has 3 aromatic rings. The Morgan fingerprint density at radius 2 is 1.57 bits per heavy atom. The minimum atomic E-state index is -0.949. The zero-order valence-corrected chi connectivity index (χ0v) is 20.8. The molecule has 3 rings (SSSR count). The molecule has 2 amide bonds. The highest BCUT2D eigenvalue weighted by atomic mass is 35.5. The summed E-state index contributed by atoms with van der Waals surface area (Å²) < 4.78 is 14.3. The van der Waals surface area contributed by atoms with Gasteiger partial charge in [0.25, 0.3) is 0 Å². The van der Waals surface area contributed by atoms with E-state index in [9.17, 15) is 19.1 Å². The molecule has 0 aliphatic rings. The fraction of sp³-hybridized carbons (Fsp3) is 0.222. The summed E-state index contributed by atoms with van der Waals surface area (Å²) in [6.07, 6.45) is 0.660. The van der Waals surface area contributed by atoms with Crippen molar-refractivity contribution in [1.29, 1.82) is 5.41 Å². The van der Waals surface area contributed by atoms with Gasteiger partial charge in [0.05, 0.1) is 10.9 Å². The lowest BCUT2D eigenvalue weighted by Gasteiger charge is -2.23. The quantitative estimate of drug-likeness (QED) is 0.129. The summed E-state index contributed by atoms with van der Waals surface area (Å²) in [6, 6.07) is 19.6. The molecule has 1 atom stereocenters. The fourth-order valence-electron chi connectivity index (χ4n) is 3.90. The predicted molar refractivity (Wildman–Crippen MR) is 141 cm³/mol. The van der Waals surface area contributed by atoms with E-state index in [0.717, 1.165) is 17.2 Å². The number of guanidine groups is 1. The van der Waals surface area contributed by atoms with Crippen molar-refractivity contribution in [3.8, 4) is 5.75 Å². The number of amides is 2. The maximum Gasteiger partial charge on any atom is 0.242 e. The monoisotopic (exact) mass is 525 g/mol. The van der Waals surface area contributed by atoms with Crippen LogP contribution in [0.5, 0.6) is 5.75 Å². The van der Waals surface area contributed by atoms with Gasteiger partial charge in [0.15, 0.2) is 5.96 Å². The highest BCUT2D eigenvalue weighted by molar-refractivity contribution is 6.31. The molecular formula is C27H29ClFN5O3. The first kappa shape index (κ1) is 27.5. The van der Waals surface area contributed by atoms with Crippen LogP contribution in [0.3, 0.4) is 0 Å². The van der Waals surface area contributed by atoms with Crippen LogP contribution in [0.1, 0.15) is 35.4 Å². The van der Waals surface area contributed by atoms with Crippen LogP contribution in [-0.4, -0.2) is 35.5 Å². The van der Waals surface area contributed by atoms with Crippen LogP contribution in [0, 0.1) is 11.2 Å². The first-order valence-electron chi connectivity index (χ1n) is 11.7. The fourth-order valence-corrected chi connectivity index (χ4v) is 4.17. The van der Waals surface area contributed by atoms with Gasteiger partial charge in [-0.3, -0.25) is 15.0 Å². The van der Waals surface area contributed by atoms with Gasteiger partial charge in [0, 0.05) is 24.7 Å². The summed E-state index contributed by atoms with van der Waals surface area (Å²) in [7, 11) is 0. The number of nitrogens with one attached hydrogen (secondary N) is 4. The topological polar surface area (TPSA) is 140 Å². The Kier molecular flexibility index (Phi) is 9.85. The standard InChI is InChI=1S/C27H29ClFN5O3/c28-21-14-19(35)15-22(29)20(21)16-33-25(36)23(12-7-13-32-27(30)31)34-26(37)24(17-8-3-1-4-9-17)18-10-5-2-6-11-18/h1-6,8-11,14-15,23-24,35H,7,12-13,16H2,(H,33,36)(H,34,37)(H4,30,31,32)/t23-/m1/s1. The minimum absolute atomic E-state index is 0.0163. The van der Waals surface area contributed by atoms with Gasteiger partial charge in [0.2, 0.25) is 11.8 Å². The Morgan fingerprint density at radius 1 is 0.973 bits per heavy atom. The van der Waals surface area contributed by atoms with E-state index in [4.69, 9.17) is 22.7 Å². The van der Waals surface area contributed by atoms with Crippen molar-refractivity contribution < 1.29 is 19.1 Å². The van der Waals surface area contributed by atoms with E-state index in [2.05, 4.69) is 16.0 Å². The molecule has 3 aromatic carbocycles. The molecule has 0 saturated carbocycles. The smallest absolute Gasteiger partial charge is 0.242 e. The van der Waals surface area contributed by atoms with Crippen LogP contribution in [0.4, 0.5) is 4.39 Å². The van der Waals surface area contributed by atoms with Gasteiger partial charge < -0.3 is 26.8 Å². The highest BCUT2D eigenvalue weighted by Crippen LogP contribution is 2.26. The predicted octanol–water partition coefficient (Wildman–Crippen LogP) is 3.38. The normalized spacial score (nSPS) is 11.5. The van der Waals surface area contributed by atoms with Crippen molar-refractivity contribution in [3.05, 3.63) is 100 Å². The summed E-state index contributed by atoms with van der Waals surface area (Å²) in [5, 5.41) is 24.9. The van der Waals surface area contributed by atoms with E-state index in [0.29, 0.717) is 13.0 Å². The summed E-state index contributed by atoms with van der Waals surface area (Å²) >= 11 is 6.03. The zero-order chi connectivity index (χ0) is 26.8. The molecule has 8 nitrogen and oxygen atoms in total. The molecule has 0 saturated heterocycles. The Morgan fingerprint density at radius 3 is 2.11 bits per heavy atom. The van der Waals surface area contributed by atoms with Crippen LogP contribution >= 0.6 is 11.6 Å². The van der Waals surface area contributed by atoms with Crippen molar-refractivity contribution in [1.82, 2.24) is 16.0 Å². The molecule has 0 heterocycles. The average Bonchev–Trinajstić information content (AvgIpc) is 2.86. The molecule has 10 heteroatoms. The Labute approximate surface area is 219 Å². The molecular weight excluding hydrogens is 497 g/mol. The molecule has 0 radical (unpaired) electrons. The number of halogens is 2. The number of hydrogen-bond donors (Lipinski definition) is 6. The second kappa shape index (κ2) is 13.3. The summed E-state index contributed by atoms with van der Waals surface area (Å²) in [5.41, 5.74) is 6.87. The summed E-state index contributed by atoms with van der Waals surface area (Å²) in [6.45, 7) is 0.0941. The van der Waals surface area contributed by atoms with Crippen molar-refractivity contribution in [2.75, 3.05) is 6.54 Å². The number of nitrogens with two attached hydrogens (primary N) is 1. The first-order chi connectivity index (χ1) is 17.8.